The Bertz CT molecular complexity index is 282. The lowest BCUT2D eigenvalue weighted by molar-refractivity contribution is 0.0280. The summed E-state index contributed by atoms with van der Waals surface area (Å²) in [7, 11) is 0. The Morgan fingerprint density at radius 1 is 1.38 bits per heavy atom. The fourth-order valence-electron chi connectivity index (χ4n) is 2.83. The fraction of sp³-hybridized carbons (Fsp3) is 0.917. The van der Waals surface area contributed by atoms with Gasteiger partial charge in [0, 0.05) is 19.1 Å². The molecule has 0 spiro atoms. The second-order valence-corrected chi connectivity index (χ2v) is 5.34. The Morgan fingerprint density at radius 3 is 2.94 bits per heavy atom. The molecule has 0 aromatic carbocycles. The van der Waals surface area contributed by atoms with Gasteiger partial charge in [0.05, 0.1) is 19.2 Å². The highest BCUT2D eigenvalue weighted by molar-refractivity contribution is 5.80. The molecule has 0 aromatic rings. The summed E-state index contributed by atoms with van der Waals surface area (Å²) in [4.78, 5) is 6.76. The van der Waals surface area contributed by atoms with Crippen LogP contribution in [0.5, 0.6) is 0 Å². The van der Waals surface area contributed by atoms with Crippen molar-refractivity contribution in [1.29, 1.82) is 0 Å². The Labute approximate surface area is 96.8 Å². The van der Waals surface area contributed by atoms with Crippen LogP contribution >= 0.6 is 0 Å². The second kappa shape index (κ2) is 4.24. The summed E-state index contributed by atoms with van der Waals surface area (Å²) >= 11 is 0. The maximum atomic E-state index is 5.99. The third kappa shape index (κ3) is 2.03. The van der Waals surface area contributed by atoms with Gasteiger partial charge in [-0.15, -0.1) is 0 Å². The van der Waals surface area contributed by atoms with Crippen LogP contribution < -0.4 is 5.73 Å². The minimum absolute atomic E-state index is 0.515. The van der Waals surface area contributed by atoms with E-state index in [1.807, 2.05) is 0 Å². The van der Waals surface area contributed by atoms with Gasteiger partial charge in [0.2, 0.25) is 0 Å². The predicted octanol–water partition coefficient (Wildman–Crippen LogP) is 0.822. The minimum Gasteiger partial charge on any atom is -0.381 e. The van der Waals surface area contributed by atoms with Crippen LogP contribution in [-0.2, 0) is 4.74 Å². The highest BCUT2D eigenvalue weighted by Gasteiger charge is 2.36. The first kappa shape index (κ1) is 10.4. The fourth-order valence-corrected chi connectivity index (χ4v) is 2.83. The number of guanidine groups is 1. The lowest BCUT2D eigenvalue weighted by Gasteiger charge is -2.34. The normalized spacial score (nSPS) is 35.2. The predicted molar refractivity (Wildman–Crippen MR) is 63.3 cm³/mol. The zero-order chi connectivity index (χ0) is 11.0. The molecule has 2 aliphatic heterocycles. The zero-order valence-corrected chi connectivity index (χ0v) is 9.77. The van der Waals surface area contributed by atoms with Crippen molar-refractivity contribution in [2.24, 2.45) is 22.6 Å². The lowest BCUT2D eigenvalue weighted by atomic mass is 9.93. The van der Waals surface area contributed by atoms with E-state index in [1.54, 1.807) is 0 Å². The zero-order valence-electron chi connectivity index (χ0n) is 9.77. The first-order chi connectivity index (χ1) is 7.84. The van der Waals surface area contributed by atoms with Crippen molar-refractivity contribution >= 4 is 5.96 Å². The molecule has 0 aromatic heterocycles. The number of nitrogens with zero attached hydrogens (tertiary/aromatic N) is 2. The Kier molecular flexibility index (Phi) is 2.75. The van der Waals surface area contributed by atoms with Crippen molar-refractivity contribution in [3.63, 3.8) is 0 Å². The second-order valence-electron chi connectivity index (χ2n) is 5.34. The van der Waals surface area contributed by atoms with Gasteiger partial charge in [-0.1, -0.05) is 0 Å². The van der Waals surface area contributed by atoms with Crippen molar-refractivity contribution in [3.05, 3.63) is 0 Å². The first-order valence-corrected chi connectivity index (χ1v) is 6.49. The summed E-state index contributed by atoms with van der Waals surface area (Å²) in [5, 5.41) is 0. The molecular weight excluding hydrogens is 202 g/mol. The van der Waals surface area contributed by atoms with E-state index in [2.05, 4.69) is 9.89 Å². The lowest BCUT2D eigenvalue weighted by Crippen LogP contribution is -2.47. The average molecular weight is 223 g/mol. The van der Waals surface area contributed by atoms with E-state index in [-0.39, 0.29) is 0 Å². The Hall–Kier alpha value is -0.770. The third-order valence-corrected chi connectivity index (χ3v) is 4.03. The molecule has 2 N–H and O–H groups in total. The topological polar surface area (TPSA) is 50.9 Å². The summed E-state index contributed by atoms with van der Waals surface area (Å²) in [5.41, 5.74) is 5.99. The van der Waals surface area contributed by atoms with E-state index < -0.39 is 0 Å². The molecule has 3 rings (SSSR count). The highest BCUT2D eigenvalue weighted by atomic mass is 16.5. The van der Waals surface area contributed by atoms with Crippen molar-refractivity contribution in [1.82, 2.24) is 4.90 Å². The molecular formula is C12H21N3O. The molecule has 3 aliphatic rings. The van der Waals surface area contributed by atoms with Gasteiger partial charge >= 0.3 is 0 Å². The van der Waals surface area contributed by atoms with E-state index >= 15 is 0 Å². The van der Waals surface area contributed by atoms with E-state index in [1.165, 1.54) is 25.7 Å². The summed E-state index contributed by atoms with van der Waals surface area (Å²) in [6, 6.07) is 0.515. The Balaban J connectivity index is 1.64. The van der Waals surface area contributed by atoms with Crippen LogP contribution in [0, 0.1) is 11.8 Å². The highest BCUT2D eigenvalue weighted by Crippen LogP contribution is 2.33. The molecule has 0 amide bonds. The van der Waals surface area contributed by atoms with Gasteiger partial charge in [0.15, 0.2) is 5.96 Å². The summed E-state index contributed by atoms with van der Waals surface area (Å²) in [6.45, 7) is 3.83. The summed E-state index contributed by atoms with van der Waals surface area (Å²) in [5.74, 6) is 2.28. The third-order valence-electron chi connectivity index (χ3n) is 4.03. The molecule has 0 bridgehead atoms. The molecule has 4 heteroatoms. The molecule has 1 aliphatic carbocycles. The number of nitrogens with two attached hydrogens (primary N) is 1. The quantitative estimate of drug-likeness (QED) is 0.770. The molecule has 2 atom stereocenters. The van der Waals surface area contributed by atoms with E-state index in [9.17, 15) is 0 Å². The van der Waals surface area contributed by atoms with Gasteiger partial charge in [0.25, 0.3) is 0 Å². The number of hydrogen-bond acceptors (Lipinski definition) is 4. The van der Waals surface area contributed by atoms with Crippen molar-refractivity contribution in [3.8, 4) is 0 Å². The van der Waals surface area contributed by atoms with Crippen LogP contribution in [0.25, 0.3) is 0 Å². The van der Waals surface area contributed by atoms with Gasteiger partial charge in [-0.2, -0.15) is 0 Å². The van der Waals surface area contributed by atoms with E-state index in [0.717, 1.165) is 38.2 Å². The van der Waals surface area contributed by atoms with Crippen LogP contribution in [0.1, 0.15) is 25.7 Å². The number of rotatable bonds is 3. The molecule has 1 saturated heterocycles. The standard InChI is InChI=1S/C12H21N3O/c13-12-14-6-11(10-2-1-5-16-8-10)15(12)7-9-3-4-9/h9-11H,1-8H2,(H2,13,14). The van der Waals surface area contributed by atoms with Crippen molar-refractivity contribution in [2.75, 3.05) is 26.3 Å². The van der Waals surface area contributed by atoms with E-state index in [0.29, 0.717) is 12.0 Å². The molecule has 1 saturated carbocycles. The molecule has 16 heavy (non-hydrogen) atoms. The van der Waals surface area contributed by atoms with Gasteiger partial charge in [-0.05, 0) is 31.6 Å². The SMILES string of the molecule is NC1=NCC(C2CCCOC2)N1CC1CC1. The molecule has 90 valence electrons. The first-order valence-electron chi connectivity index (χ1n) is 6.49. The van der Waals surface area contributed by atoms with Crippen LogP contribution in [0.2, 0.25) is 0 Å². The van der Waals surface area contributed by atoms with Crippen molar-refractivity contribution < 1.29 is 4.74 Å². The number of ether oxygens (including phenoxy) is 1. The van der Waals surface area contributed by atoms with E-state index in [4.69, 9.17) is 10.5 Å². The minimum atomic E-state index is 0.515. The molecule has 2 fully saturated rings. The summed E-state index contributed by atoms with van der Waals surface area (Å²) in [6.07, 6.45) is 5.21. The van der Waals surface area contributed by atoms with Crippen molar-refractivity contribution in [2.45, 2.75) is 31.7 Å². The molecule has 0 radical (unpaired) electrons. The maximum Gasteiger partial charge on any atom is 0.191 e. The monoisotopic (exact) mass is 223 g/mol. The number of hydrogen-bond donors (Lipinski definition) is 1. The molecule has 2 heterocycles. The van der Waals surface area contributed by atoms with Gasteiger partial charge in [-0.3, -0.25) is 4.99 Å². The van der Waals surface area contributed by atoms with Crippen LogP contribution in [0.15, 0.2) is 4.99 Å². The number of aliphatic imine (C=N–C) groups is 1. The largest absolute Gasteiger partial charge is 0.381 e. The van der Waals surface area contributed by atoms with Crippen LogP contribution in [0.4, 0.5) is 0 Å². The summed E-state index contributed by atoms with van der Waals surface area (Å²) < 4.78 is 5.58. The maximum absolute atomic E-state index is 5.99. The van der Waals surface area contributed by atoms with Gasteiger partial charge < -0.3 is 15.4 Å². The molecule has 4 nitrogen and oxygen atoms in total. The Morgan fingerprint density at radius 2 is 2.25 bits per heavy atom. The van der Waals surface area contributed by atoms with Gasteiger partial charge in [0.1, 0.15) is 0 Å². The molecule has 2 unspecified atom stereocenters. The average Bonchev–Trinajstić information content (AvgIpc) is 3.06. The smallest absolute Gasteiger partial charge is 0.191 e. The van der Waals surface area contributed by atoms with Crippen LogP contribution in [0.3, 0.4) is 0 Å². The van der Waals surface area contributed by atoms with Crippen LogP contribution in [-0.4, -0.2) is 43.2 Å². The van der Waals surface area contributed by atoms with Gasteiger partial charge in [-0.25, -0.2) is 0 Å².